The third-order valence-electron chi connectivity index (χ3n) is 2.74. The van der Waals surface area contributed by atoms with E-state index in [1.165, 1.54) is 0 Å². The van der Waals surface area contributed by atoms with Gasteiger partial charge >= 0.3 is 6.03 Å². The Bertz CT molecular complexity index is 191. The predicted octanol–water partition coefficient (Wildman–Crippen LogP) is 1.56. The van der Waals surface area contributed by atoms with Gasteiger partial charge in [0.2, 0.25) is 0 Å². The molecule has 0 aromatic carbocycles. The van der Waals surface area contributed by atoms with Crippen LogP contribution in [0, 0.1) is 0 Å². The second kappa shape index (κ2) is 6.67. The van der Waals surface area contributed by atoms with E-state index in [0.29, 0.717) is 13.2 Å². The largest absolute Gasteiger partial charge is 0.380 e. The van der Waals surface area contributed by atoms with Crippen LogP contribution in [0.5, 0.6) is 0 Å². The quantitative estimate of drug-likeness (QED) is 0.651. The van der Waals surface area contributed by atoms with Crippen LogP contribution in [0.2, 0.25) is 0 Å². The lowest BCUT2D eigenvalue weighted by Gasteiger charge is -2.26. The van der Waals surface area contributed by atoms with Gasteiger partial charge in [-0.1, -0.05) is 0 Å². The molecular weight excluding hydrogens is 192 g/mol. The predicted molar refractivity (Wildman–Crippen MR) is 59.9 cm³/mol. The minimum atomic E-state index is 0.176. The molecule has 1 aliphatic rings. The lowest BCUT2D eigenvalue weighted by molar-refractivity contribution is 0.110. The zero-order valence-corrected chi connectivity index (χ0v) is 9.87. The van der Waals surface area contributed by atoms with Crippen LogP contribution in [-0.4, -0.2) is 55.2 Å². The van der Waals surface area contributed by atoms with Crippen LogP contribution in [0.4, 0.5) is 4.79 Å². The molecule has 0 atom stereocenters. The maximum Gasteiger partial charge on any atom is 0.320 e. The minimum Gasteiger partial charge on any atom is -0.380 e. The van der Waals surface area contributed by atoms with Crippen molar-refractivity contribution < 1.29 is 9.53 Å². The highest BCUT2D eigenvalue weighted by Gasteiger charge is 2.22. The molecule has 0 saturated carbocycles. The van der Waals surface area contributed by atoms with E-state index < -0.39 is 0 Å². The molecule has 1 heterocycles. The summed E-state index contributed by atoms with van der Waals surface area (Å²) in [6, 6.07) is 0.176. The van der Waals surface area contributed by atoms with Crippen molar-refractivity contribution in [1.82, 2.24) is 9.80 Å². The van der Waals surface area contributed by atoms with Gasteiger partial charge in [-0.15, -0.1) is 0 Å². The normalized spacial score (nSPS) is 15.7. The summed E-state index contributed by atoms with van der Waals surface area (Å²) in [5.74, 6) is 0. The molecule has 2 amide bonds. The van der Waals surface area contributed by atoms with E-state index in [9.17, 15) is 4.79 Å². The molecule has 0 unspecified atom stereocenters. The summed E-state index contributed by atoms with van der Waals surface area (Å²) in [4.78, 5) is 15.8. The first-order valence-corrected chi connectivity index (χ1v) is 5.91. The van der Waals surface area contributed by atoms with Crippen molar-refractivity contribution in [2.24, 2.45) is 0 Å². The second-order valence-electron chi connectivity index (χ2n) is 3.75. The van der Waals surface area contributed by atoms with Gasteiger partial charge < -0.3 is 14.5 Å². The monoisotopic (exact) mass is 214 g/mol. The fourth-order valence-corrected chi connectivity index (χ4v) is 1.82. The van der Waals surface area contributed by atoms with Gasteiger partial charge in [0.1, 0.15) is 0 Å². The molecule has 4 heteroatoms. The number of likely N-dealkylation sites (tertiary alicyclic amines) is 1. The van der Waals surface area contributed by atoms with E-state index in [1.54, 1.807) is 0 Å². The third-order valence-corrected chi connectivity index (χ3v) is 2.74. The topological polar surface area (TPSA) is 32.8 Å². The SMILES string of the molecule is CCOCCN(CC)C(=O)N1CCCC1. The van der Waals surface area contributed by atoms with Gasteiger partial charge in [0.05, 0.1) is 6.61 Å². The number of hydrogen-bond donors (Lipinski definition) is 0. The molecule has 1 saturated heterocycles. The fourth-order valence-electron chi connectivity index (χ4n) is 1.82. The van der Waals surface area contributed by atoms with Gasteiger partial charge in [-0.2, -0.15) is 0 Å². The van der Waals surface area contributed by atoms with Crippen molar-refractivity contribution in [1.29, 1.82) is 0 Å². The first-order valence-electron chi connectivity index (χ1n) is 5.91. The Labute approximate surface area is 92.2 Å². The molecule has 1 rings (SSSR count). The highest BCUT2D eigenvalue weighted by Crippen LogP contribution is 2.10. The van der Waals surface area contributed by atoms with Crippen molar-refractivity contribution in [3.05, 3.63) is 0 Å². The van der Waals surface area contributed by atoms with Crippen LogP contribution in [0.3, 0.4) is 0 Å². The van der Waals surface area contributed by atoms with E-state index in [1.807, 2.05) is 23.6 Å². The Balaban J connectivity index is 2.32. The van der Waals surface area contributed by atoms with E-state index in [2.05, 4.69) is 0 Å². The first kappa shape index (κ1) is 12.3. The van der Waals surface area contributed by atoms with Gasteiger partial charge in [-0.25, -0.2) is 4.79 Å². The van der Waals surface area contributed by atoms with Gasteiger partial charge in [-0.3, -0.25) is 0 Å². The Morgan fingerprint density at radius 3 is 2.53 bits per heavy atom. The summed E-state index contributed by atoms with van der Waals surface area (Å²) in [5, 5.41) is 0. The molecule has 0 N–H and O–H groups in total. The average molecular weight is 214 g/mol. The summed E-state index contributed by atoms with van der Waals surface area (Å²) in [7, 11) is 0. The van der Waals surface area contributed by atoms with Crippen LogP contribution in [-0.2, 0) is 4.74 Å². The molecule has 0 radical (unpaired) electrons. The summed E-state index contributed by atoms with van der Waals surface area (Å²) in [5.41, 5.74) is 0. The Hall–Kier alpha value is -0.770. The zero-order valence-electron chi connectivity index (χ0n) is 9.87. The summed E-state index contributed by atoms with van der Waals surface area (Å²) < 4.78 is 5.27. The summed E-state index contributed by atoms with van der Waals surface area (Å²) in [6.45, 7) is 8.66. The molecule has 1 aliphatic heterocycles. The number of hydrogen-bond acceptors (Lipinski definition) is 2. The second-order valence-corrected chi connectivity index (χ2v) is 3.75. The number of carbonyl (C=O) groups is 1. The molecular formula is C11H22N2O2. The first-order chi connectivity index (χ1) is 7.29. The van der Waals surface area contributed by atoms with Crippen LogP contribution in [0.15, 0.2) is 0 Å². The number of nitrogens with zero attached hydrogens (tertiary/aromatic N) is 2. The standard InChI is InChI=1S/C11H22N2O2/c1-3-12(9-10-15-4-2)11(14)13-7-5-6-8-13/h3-10H2,1-2H3. The van der Waals surface area contributed by atoms with Crippen LogP contribution < -0.4 is 0 Å². The van der Waals surface area contributed by atoms with E-state index in [-0.39, 0.29) is 6.03 Å². The molecule has 88 valence electrons. The molecule has 1 fully saturated rings. The number of urea groups is 1. The number of ether oxygens (including phenoxy) is 1. The van der Waals surface area contributed by atoms with Crippen molar-refractivity contribution >= 4 is 6.03 Å². The Kier molecular flexibility index (Phi) is 5.47. The van der Waals surface area contributed by atoms with E-state index in [0.717, 1.165) is 39.1 Å². The van der Waals surface area contributed by atoms with E-state index in [4.69, 9.17) is 4.74 Å². The van der Waals surface area contributed by atoms with Gasteiger partial charge in [-0.05, 0) is 26.7 Å². The van der Waals surface area contributed by atoms with Crippen molar-refractivity contribution in [3.63, 3.8) is 0 Å². The number of carbonyl (C=O) groups excluding carboxylic acids is 1. The lowest BCUT2D eigenvalue weighted by Crippen LogP contribution is -2.43. The molecule has 0 aliphatic carbocycles. The maximum absolute atomic E-state index is 12.0. The van der Waals surface area contributed by atoms with Crippen molar-refractivity contribution in [2.75, 3.05) is 39.4 Å². The highest BCUT2D eigenvalue weighted by atomic mass is 16.5. The Morgan fingerprint density at radius 1 is 1.33 bits per heavy atom. The van der Waals surface area contributed by atoms with Crippen LogP contribution >= 0.6 is 0 Å². The number of amides is 2. The van der Waals surface area contributed by atoms with Gasteiger partial charge in [0.15, 0.2) is 0 Å². The van der Waals surface area contributed by atoms with Crippen LogP contribution in [0.25, 0.3) is 0 Å². The van der Waals surface area contributed by atoms with Crippen LogP contribution in [0.1, 0.15) is 26.7 Å². The Morgan fingerprint density at radius 2 is 2.00 bits per heavy atom. The van der Waals surface area contributed by atoms with Gasteiger partial charge in [0.25, 0.3) is 0 Å². The zero-order chi connectivity index (χ0) is 11.1. The number of rotatable bonds is 5. The minimum absolute atomic E-state index is 0.176. The van der Waals surface area contributed by atoms with Gasteiger partial charge in [0, 0.05) is 32.8 Å². The maximum atomic E-state index is 12.0. The molecule has 0 spiro atoms. The summed E-state index contributed by atoms with van der Waals surface area (Å²) >= 11 is 0. The third kappa shape index (κ3) is 3.70. The van der Waals surface area contributed by atoms with Crippen molar-refractivity contribution in [3.8, 4) is 0 Å². The molecule has 15 heavy (non-hydrogen) atoms. The van der Waals surface area contributed by atoms with E-state index >= 15 is 0 Å². The molecule has 0 aromatic heterocycles. The molecule has 4 nitrogen and oxygen atoms in total. The number of likely N-dealkylation sites (N-methyl/N-ethyl adjacent to an activating group) is 1. The molecule has 0 aromatic rings. The lowest BCUT2D eigenvalue weighted by atomic mass is 10.4. The smallest absolute Gasteiger partial charge is 0.320 e. The average Bonchev–Trinajstić information content (AvgIpc) is 2.77. The fraction of sp³-hybridized carbons (Fsp3) is 0.909. The van der Waals surface area contributed by atoms with Crippen molar-refractivity contribution in [2.45, 2.75) is 26.7 Å². The molecule has 0 bridgehead atoms. The summed E-state index contributed by atoms with van der Waals surface area (Å²) in [6.07, 6.45) is 2.30. The highest BCUT2D eigenvalue weighted by molar-refractivity contribution is 5.74.